The number of hydrogen-bond donors (Lipinski definition) is 1. The number of carbonyl (C=O) groups is 1. The summed E-state index contributed by atoms with van der Waals surface area (Å²) >= 11 is 0. The van der Waals surface area contributed by atoms with E-state index in [0.29, 0.717) is 18.4 Å². The zero-order valence-electron chi connectivity index (χ0n) is 8.84. The number of nitrogens with zero attached hydrogens (tertiary/aromatic N) is 1. The van der Waals surface area contributed by atoms with Crippen LogP contribution in [0.1, 0.15) is 20.8 Å². The number of ketones is 1. The fourth-order valence-corrected chi connectivity index (χ4v) is 1.41. The lowest BCUT2D eigenvalue weighted by molar-refractivity contribution is -0.121. The first-order chi connectivity index (χ1) is 6.13. The highest BCUT2D eigenvalue weighted by molar-refractivity contribution is 5.82. The normalized spacial score (nSPS) is 19.1. The summed E-state index contributed by atoms with van der Waals surface area (Å²) in [4.78, 5) is 13.6. The van der Waals surface area contributed by atoms with E-state index >= 15 is 0 Å². The van der Waals surface area contributed by atoms with Crippen molar-refractivity contribution in [3.05, 3.63) is 0 Å². The smallest absolute Gasteiger partial charge is 0.149 e. The first-order valence-corrected chi connectivity index (χ1v) is 5.12. The molecule has 0 saturated carbocycles. The predicted molar refractivity (Wildman–Crippen MR) is 53.7 cm³/mol. The third-order valence-corrected chi connectivity index (χ3v) is 2.61. The zero-order valence-corrected chi connectivity index (χ0v) is 8.84. The van der Waals surface area contributed by atoms with Crippen molar-refractivity contribution in [1.82, 2.24) is 10.2 Å². The molecule has 0 radical (unpaired) electrons. The Morgan fingerprint density at radius 2 is 2.15 bits per heavy atom. The van der Waals surface area contributed by atoms with E-state index in [0.717, 1.165) is 19.6 Å². The van der Waals surface area contributed by atoms with Gasteiger partial charge in [0.15, 0.2) is 0 Å². The number of likely N-dealkylation sites (N-methyl/N-ethyl adjacent to an activating group) is 1. The second kappa shape index (κ2) is 4.72. The Hall–Kier alpha value is -0.410. The van der Waals surface area contributed by atoms with Crippen LogP contribution in [0.25, 0.3) is 0 Å². The quantitative estimate of drug-likeness (QED) is 0.675. The van der Waals surface area contributed by atoms with E-state index in [2.05, 4.69) is 17.1 Å². The molecule has 3 nitrogen and oxygen atoms in total. The minimum atomic E-state index is 0.162. The van der Waals surface area contributed by atoms with Gasteiger partial charge < -0.3 is 10.2 Å². The summed E-state index contributed by atoms with van der Waals surface area (Å²) in [6.07, 6.45) is 0. The molecule has 1 saturated heterocycles. The van der Waals surface area contributed by atoms with Gasteiger partial charge in [-0.25, -0.2) is 0 Å². The molecule has 1 aliphatic rings. The molecular formula is C10H20N2O. The van der Waals surface area contributed by atoms with Crippen molar-refractivity contribution in [2.45, 2.75) is 26.8 Å². The van der Waals surface area contributed by atoms with Gasteiger partial charge in [0.25, 0.3) is 0 Å². The van der Waals surface area contributed by atoms with Crippen LogP contribution in [0.5, 0.6) is 0 Å². The average Bonchev–Trinajstić information content (AvgIpc) is 2.01. The van der Waals surface area contributed by atoms with Crippen molar-refractivity contribution < 1.29 is 4.79 Å². The lowest BCUT2D eigenvalue weighted by Crippen LogP contribution is -2.58. The molecule has 0 bridgehead atoms. The zero-order chi connectivity index (χ0) is 9.84. The van der Waals surface area contributed by atoms with E-state index in [1.165, 1.54) is 0 Å². The topological polar surface area (TPSA) is 32.3 Å². The number of likely N-dealkylation sites (tertiary alicyclic amines) is 1. The summed E-state index contributed by atoms with van der Waals surface area (Å²) in [6.45, 7) is 9.92. The van der Waals surface area contributed by atoms with Crippen molar-refractivity contribution in [2.24, 2.45) is 5.92 Å². The lowest BCUT2D eigenvalue weighted by Gasteiger charge is -2.39. The summed E-state index contributed by atoms with van der Waals surface area (Å²) < 4.78 is 0. The Labute approximate surface area is 80.5 Å². The first-order valence-electron chi connectivity index (χ1n) is 5.12. The molecule has 0 unspecified atom stereocenters. The highest BCUT2D eigenvalue weighted by Gasteiger charge is 2.24. The van der Waals surface area contributed by atoms with Crippen LogP contribution in [-0.4, -0.2) is 42.9 Å². The lowest BCUT2D eigenvalue weighted by atomic mass is 10.1. The van der Waals surface area contributed by atoms with Crippen LogP contribution in [0.3, 0.4) is 0 Å². The summed E-state index contributed by atoms with van der Waals surface area (Å²) in [5, 5.41) is 3.27. The van der Waals surface area contributed by atoms with E-state index < -0.39 is 0 Å². The van der Waals surface area contributed by atoms with Gasteiger partial charge in [0.05, 0.1) is 6.54 Å². The number of carbonyl (C=O) groups excluding carboxylic acids is 1. The molecule has 0 aromatic carbocycles. The molecule has 76 valence electrons. The van der Waals surface area contributed by atoms with Gasteiger partial charge in [0, 0.05) is 25.0 Å². The fraction of sp³-hybridized carbons (Fsp3) is 0.900. The van der Waals surface area contributed by atoms with Crippen LogP contribution in [0, 0.1) is 5.92 Å². The summed E-state index contributed by atoms with van der Waals surface area (Å²) in [6, 6.07) is 0.544. The SMILES string of the molecule is CCN1CC(NCC(=O)C(C)C)C1. The third-order valence-electron chi connectivity index (χ3n) is 2.61. The molecule has 0 aromatic heterocycles. The van der Waals surface area contributed by atoms with Crippen LogP contribution in [0.4, 0.5) is 0 Å². The number of Topliss-reactive ketones (excluding diaryl/α,β-unsaturated/α-hetero) is 1. The van der Waals surface area contributed by atoms with Gasteiger partial charge >= 0.3 is 0 Å². The van der Waals surface area contributed by atoms with E-state index in [4.69, 9.17) is 0 Å². The van der Waals surface area contributed by atoms with E-state index in [1.807, 2.05) is 13.8 Å². The van der Waals surface area contributed by atoms with Crippen LogP contribution in [0.2, 0.25) is 0 Å². The second-order valence-corrected chi connectivity index (χ2v) is 4.05. The maximum absolute atomic E-state index is 11.3. The number of nitrogens with one attached hydrogen (secondary N) is 1. The highest BCUT2D eigenvalue weighted by atomic mass is 16.1. The van der Waals surface area contributed by atoms with E-state index in [-0.39, 0.29) is 5.92 Å². The average molecular weight is 184 g/mol. The van der Waals surface area contributed by atoms with E-state index in [9.17, 15) is 4.79 Å². The monoisotopic (exact) mass is 184 g/mol. The molecule has 1 fully saturated rings. The van der Waals surface area contributed by atoms with Gasteiger partial charge in [-0.2, -0.15) is 0 Å². The molecule has 0 aromatic rings. The molecule has 1 heterocycles. The largest absolute Gasteiger partial charge is 0.305 e. The van der Waals surface area contributed by atoms with Gasteiger partial charge in [-0.3, -0.25) is 4.79 Å². The Bertz CT molecular complexity index is 174. The Morgan fingerprint density at radius 3 is 2.62 bits per heavy atom. The molecule has 3 heteroatoms. The maximum atomic E-state index is 11.3. The van der Waals surface area contributed by atoms with Crippen molar-refractivity contribution in [2.75, 3.05) is 26.2 Å². The van der Waals surface area contributed by atoms with Gasteiger partial charge in [-0.15, -0.1) is 0 Å². The maximum Gasteiger partial charge on any atom is 0.149 e. The Balaban J connectivity index is 2.05. The van der Waals surface area contributed by atoms with Gasteiger partial charge in [-0.1, -0.05) is 20.8 Å². The van der Waals surface area contributed by atoms with E-state index in [1.54, 1.807) is 0 Å². The molecule has 1 aliphatic heterocycles. The van der Waals surface area contributed by atoms with Gasteiger partial charge in [-0.05, 0) is 6.54 Å². The standard InChI is InChI=1S/C10H20N2O/c1-4-12-6-9(7-12)11-5-10(13)8(2)3/h8-9,11H,4-7H2,1-3H3. The Morgan fingerprint density at radius 1 is 1.54 bits per heavy atom. The van der Waals surface area contributed by atoms with Crippen LogP contribution < -0.4 is 5.32 Å². The first kappa shape index (κ1) is 10.7. The molecule has 0 aliphatic carbocycles. The Kier molecular flexibility index (Phi) is 3.88. The summed E-state index contributed by atoms with van der Waals surface area (Å²) in [5.41, 5.74) is 0. The van der Waals surface area contributed by atoms with Crippen molar-refractivity contribution in [3.8, 4) is 0 Å². The van der Waals surface area contributed by atoms with Crippen molar-refractivity contribution in [3.63, 3.8) is 0 Å². The number of rotatable bonds is 5. The minimum Gasteiger partial charge on any atom is -0.305 e. The van der Waals surface area contributed by atoms with Crippen LogP contribution in [-0.2, 0) is 4.79 Å². The summed E-state index contributed by atoms with van der Waals surface area (Å²) in [7, 11) is 0. The molecular weight excluding hydrogens is 164 g/mol. The molecule has 13 heavy (non-hydrogen) atoms. The van der Waals surface area contributed by atoms with Crippen molar-refractivity contribution in [1.29, 1.82) is 0 Å². The highest BCUT2D eigenvalue weighted by Crippen LogP contribution is 2.06. The molecule has 0 spiro atoms. The summed E-state index contributed by atoms with van der Waals surface area (Å²) in [5.74, 6) is 0.477. The fourth-order valence-electron chi connectivity index (χ4n) is 1.41. The van der Waals surface area contributed by atoms with Gasteiger partial charge in [0.2, 0.25) is 0 Å². The number of hydrogen-bond acceptors (Lipinski definition) is 3. The third kappa shape index (κ3) is 3.08. The second-order valence-electron chi connectivity index (χ2n) is 4.05. The predicted octanol–water partition coefficient (Wildman–Crippen LogP) is 0.505. The molecule has 0 atom stereocenters. The van der Waals surface area contributed by atoms with Crippen molar-refractivity contribution >= 4 is 5.78 Å². The van der Waals surface area contributed by atoms with Crippen LogP contribution in [0.15, 0.2) is 0 Å². The molecule has 1 N–H and O–H groups in total. The molecule has 1 rings (SSSR count). The molecule has 0 amide bonds. The minimum absolute atomic E-state index is 0.162. The van der Waals surface area contributed by atoms with Gasteiger partial charge in [0.1, 0.15) is 5.78 Å². The van der Waals surface area contributed by atoms with Crippen LogP contribution >= 0.6 is 0 Å².